The Kier molecular flexibility index (Phi) is 5.02. The highest BCUT2D eigenvalue weighted by molar-refractivity contribution is 5.53. The Balaban J connectivity index is 0.000000386. The first-order valence-corrected chi connectivity index (χ1v) is 5.90. The minimum Gasteiger partial charge on any atom is -0.488 e. The van der Waals surface area contributed by atoms with Gasteiger partial charge in [-0.3, -0.25) is 0 Å². The van der Waals surface area contributed by atoms with Crippen LogP contribution in [0.3, 0.4) is 0 Å². The van der Waals surface area contributed by atoms with Crippen molar-refractivity contribution in [3.8, 4) is 5.75 Å². The first-order valence-electron chi connectivity index (χ1n) is 5.90. The molecule has 1 aliphatic rings. The molecule has 0 aromatic carbocycles. The molecule has 16 heavy (non-hydrogen) atoms. The van der Waals surface area contributed by atoms with Crippen LogP contribution in [0.25, 0.3) is 0 Å². The van der Waals surface area contributed by atoms with Gasteiger partial charge in [0.2, 0.25) is 0 Å². The van der Waals surface area contributed by atoms with Crippen molar-refractivity contribution in [2.75, 3.05) is 19.0 Å². The van der Waals surface area contributed by atoms with E-state index in [1.807, 2.05) is 14.0 Å². The van der Waals surface area contributed by atoms with Gasteiger partial charge >= 0.3 is 0 Å². The van der Waals surface area contributed by atoms with E-state index >= 15 is 0 Å². The van der Waals surface area contributed by atoms with E-state index in [1.165, 1.54) is 6.42 Å². The Bertz CT molecular complexity index is 322. The summed E-state index contributed by atoms with van der Waals surface area (Å²) in [6, 6.07) is 0. The van der Waals surface area contributed by atoms with Crippen LogP contribution in [0, 0.1) is 6.92 Å². The number of hydrogen-bond acceptors (Lipinski definition) is 4. The summed E-state index contributed by atoms with van der Waals surface area (Å²) in [7, 11) is 1.85. The van der Waals surface area contributed by atoms with E-state index in [-0.39, 0.29) is 0 Å². The Labute approximate surface area is 97.5 Å². The van der Waals surface area contributed by atoms with Gasteiger partial charge in [0, 0.05) is 7.05 Å². The molecule has 0 saturated heterocycles. The molecule has 0 amide bonds. The van der Waals surface area contributed by atoms with Crippen LogP contribution in [0.5, 0.6) is 5.75 Å². The molecule has 0 atom stereocenters. The smallest absolute Gasteiger partial charge is 0.183 e. The van der Waals surface area contributed by atoms with Gasteiger partial charge in [-0.25, -0.2) is 9.97 Å². The van der Waals surface area contributed by atoms with E-state index in [2.05, 4.69) is 29.1 Å². The molecule has 0 fully saturated rings. The molecule has 0 radical (unpaired) electrons. The number of ether oxygens (including phenoxy) is 1. The van der Waals surface area contributed by atoms with E-state index in [4.69, 9.17) is 4.74 Å². The Morgan fingerprint density at radius 3 is 2.62 bits per heavy atom. The molecule has 0 saturated carbocycles. The minimum absolute atomic E-state index is 0.772. The number of fused-ring (bicyclic) bond motifs is 1. The molecule has 0 spiro atoms. The molecule has 1 aliphatic heterocycles. The van der Waals surface area contributed by atoms with Gasteiger partial charge in [-0.05, 0) is 19.8 Å². The molecule has 1 N–H and O–H groups in total. The predicted octanol–water partition coefficient (Wildman–Crippen LogP) is 2.57. The zero-order valence-electron chi connectivity index (χ0n) is 10.6. The second-order valence-electron chi connectivity index (χ2n) is 3.80. The quantitative estimate of drug-likeness (QED) is 0.795. The number of aromatic nitrogens is 2. The van der Waals surface area contributed by atoms with Gasteiger partial charge in [-0.15, -0.1) is 0 Å². The van der Waals surface area contributed by atoms with Crippen LogP contribution < -0.4 is 10.1 Å². The van der Waals surface area contributed by atoms with Gasteiger partial charge in [0.25, 0.3) is 0 Å². The molecule has 0 unspecified atom stereocenters. The zero-order valence-corrected chi connectivity index (χ0v) is 10.6. The number of anilines is 1. The van der Waals surface area contributed by atoms with Crippen LogP contribution in [0.2, 0.25) is 0 Å². The van der Waals surface area contributed by atoms with E-state index in [0.717, 1.165) is 42.5 Å². The predicted molar refractivity (Wildman–Crippen MR) is 66.1 cm³/mol. The van der Waals surface area contributed by atoms with Gasteiger partial charge in [0.1, 0.15) is 5.82 Å². The van der Waals surface area contributed by atoms with E-state index < -0.39 is 0 Å². The molecular weight excluding hydrogens is 202 g/mol. The van der Waals surface area contributed by atoms with Crippen LogP contribution in [-0.2, 0) is 6.42 Å². The van der Waals surface area contributed by atoms with E-state index in [9.17, 15) is 0 Å². The number of nitrogens with one attached hydrogen (secondary N) is 1. The molecule has 4 heteroatoms. The molecule has 2 rings (SSSR count). The van der Waals surface area contributed by atoms with Crippen LogP contribution >= 0.6 is 0 Å². The summed E-state index contributed by atoms with van der Waals surface area (Å²) in [6.07, 6.45) is 3.29. The van der Waals surface area contributed by atoms with Crippen molar-refractivity contribution in [2.45, 2.75) is 40.0 Å². The molecule has 0 bridgehead atoms. The highest BCUT2D eigenvalue weighted by Crippen LogP contribution is 2.29. The summed E-state index contributed by atoms with van der Waals surface area (Å²) in [5.41, 5.74) is 1.03. The average molecular weight is 223 g/mol. The van der Waals surface area contributed by atoms with Crippen molar-refractivity contribution in [3.63, 3.8) is 0 Å². The van der Waals surface area contributed by atoms with Crippen LogP contribution in [0.1, 0.15) is 38.2 Å². The first kappa shape index (κ1) is 12.7. The van der Waals surface area contributed by atoms with Crippen molar-refractivity contribution in [1.82, 2.24) is 9.97 Å². The minimum atomic E-state index is 0.772. The van der Waals surface area contributed by atoms with Crippen molar-refractivity contribution in [3.05, 3.63) is 11.5 Å². The van der Waals surface area contributed by atoms with Crippen molar-refractivity contribution >= 4 is 5.82 Å². The van der Waals surface area contributed by atoms with E-state index in [1.54, 1.807) is 0 Å². The number of rotatable bonds is 1. The summed E-state index contributed by atoms with van der Waals surface area (Å²) in [4.78, 5) is 8.60. The summed E-state index contributed by atoms with van der Waals surface area (Å²) < 4.78 is 5.51. The monoisotopic (exact) mass is 223 g/mol. The largest absolute Gasteiger partial charge is 0.488 e. The number of hydrogen-bond donors (Lipinski definition) is 1. The Morgan fingerprint density at radius 2 is 2.00 bits per heavy atom. The second kappa shape index (κ2) is 6.30. The van der Waals surface area contributed by atoms with Crippen molar-refractivity contribution < 1.29 is 4.74 Å². The summed E-state index contributed by atoms with van der Waals surface area (Å²) in [6.45, 7) is 6.92. The first-order chi connectivity index (χ1) is 7.72. The average Bonchev–Trinajstić information content (AvgIpc) is 2.29. The molecular formula is C12H21N3O. The Morgan fingerprint density at radius 1 is 1.31 bits per heavy atom. The highest BCUT2D eigenvalue weighted by Gasteiger charge is 2.17. The lowest BCUT2D eigenvalue weighted by Gasteiger charge is -2.18. The molecule has 1 aromatic heterocycles. The fourth-order valence-corrected chi connectivity index (χ4v) is 1.52. The number of nitrogens with zero attached hydrogens (tertiary/aromatic N) is 2. The van der Waals surface area contributed by atoms with Gasteiger partial charge < -0.3 is 10.1 Å². The maximum Gasteiger partial charge on any atom is 0.183 e. The van der Waals surface area contributed by atoms with Crippen LogP contribution in [0.15, 0.2) is 0 Å². The summed E-state index contributed by atoms with van der Waals surface area (Å²) in [5.74, 6) is 2.44. The lowest BCUT2D eigenvalue weighted by atomic mass is 10.2. The van der Waals surface area contributed by atoms with Gasteiger partial charge in [-0.1, -0.05) is 20.3 Å². The third kappa shape index (κ3) is 3.08. The van der Waals surface area contributed by atoms with Crippen LogP contribution in [-0.4, -0.2) is 23.6 Å². The van der Waals surface area contributed by atoms with Gasteiger partial charge in [0.15, 0.2) is 11.6 Å². The summed E-state index contributed by atoms with van der Waals surface area (Å²) >= 11 is 0. The fourth-order valence-electron chi connectivity index (χ4n) is 1.52. The fraction of sp³-hybridized carbons (Fsp3) is 0.667. The lowest BCUT2D eigenvalue weighted by molar-refractivity contribution is 0.284. The molecule has 90 valence electrons. The molecule has 0 aliphatic carbocycles. The topological polar surface area (TPSA) is 47.0 Å². The zero-order chi connectivity index (χ0) is 12.0. The van der Waals surface area contributed by atoms with Crippen molar-refractivity contribution in [2.24, 2.45) is 0 Å². The van der Waals surface area contributed by atoms with Crippen molar-refractivity contribution in [1.29, 1.82) is 0 Å². The third-order valence-electron chi connectivity index (χ3n) is 2.09. The summed E-state index contributed by atoms with van der Waals surface area (Å²) in [5, 5.41) is 3.02. The highest BCUT2D eigenvalue weighted by atomic mass is 16.5. The van der Waals surface area contributed by atoms with Gasteiger partial charge in [-0.2, -0.15) is 0 Å². The molecule has 2 heterocycles. The maximum absolute atomic E-state index is 5.51. The SMILES string of the molecule is CCC.CNc1nc(C)nc2c1OCCC2. The molecule has 1 aromatic rings. The Hall–Kier alpha value is -1.32. The third-order valence-corrected chi connectivity index (χ3v) is 2.09. The van der Waals surface area contributed by atoms with E-state index in [0.29, 0.717) is 0 Å². The second-order valence-corrected chi connectivity index (χ2v) is 3.80. The van der Waals surface area contributed by atoms with Crippen LogP contribution in [0.4, 0.5) is 5.82 Å². The lowest BCUT2D eigenvalue weighted by Crippen LogP contribution is -2.14. The number of aryl methyl sites for hydroxylation is 2. The maximum atomic E-state index is 5.51. The standard InChI is InChI=1S/C9H13N3O.C3H8/c1-6-11-7-4-3-5-13-8(7)9(10-2)12-6;1-3-2/h3-5H2,1-2H3,(H,10,11,12);3H2,1-2H3. The normalized spacial score (nSPS) is 13.0. The molecule has 4 nitrogen and oxygen atoms in total. The van der Waals surface area contributed by atoms with Gasteiger partial charge in [0.05, 0.1) is 12.3 Å².